The van der Waals surface area contributed by atoms with Crippen LogP contribution in [-0.4, -0.2) is 24.2 Å². The molecule has 0 atom stereocenters. The van der Waals surface area contributed by atoms with E-state index in [1.165, 1.54) is 0 Å². The maximum absolute atomic E-state index is 5.43. The Kier molecular flexibility index (Phi) is 5.44. The maximum Gasteiger partial charge on any atom is 0.158 e. The van der Waals surface area contributed by atoms with E-state index >= 15 is 0 Å². The molecule has 0 bridgehead atoms. The van der Waals surface area contributed by atoms with E-state index in [0.29, 0.717) is 30.7 Å². The smallest absolute Gasteiger partial charge is 0.158 e. The van der Waals surface area contributed by atoms with Crippen molar-refractivity contribution in [3.05, 3.63) is 41.7 Å². The molecule has 0 aliphatic heterocycles. The minimum absolute atomic E-state index is 0.309. The Balaban J connectivity index is 2.28. The molecule has 2 aromatic rings. The van der Waals surface area contributed by atoms with Gasteiger partial charge in [-0.05, 0) is 6.07 Å². The Morgan fingerprint density at radius 1 is 1.05 bits per heavy atom. The van der Waals surface area contributed by atoms with E-state index in [-0.39, 0.29) is 0 Å². The summed E-state index contributed by atoms with van der Waals surface area (Å²) in [7, 11) is 3.25. The molecule has 0 aliphatic rings. The third-order valence-electron chi connectivity index (χ3n) is 2.77. The summed E-state index contributed by atoms with van der Waals surface area (Å²) in [5.74, 6) is 7.12. The number of nitrogens with zero attached hydrogens (tertiary/aromatic N) is 2. The van der Waals surface area contributed by atoms with Gasteiger partial charge in [-0.1, -0.05) is 18.2 Å². The second-order valence-electron chi connectivity index (χ2n) is 4.35. The number of nitrogens with two attached hydrogens (primary N) is 1. The number of methoxy groups -OCH3 is 2. The van der Waals surface area contributed by atoms with Gasteiger partial charge in [0.2, 0.25) is 0 Å². The summed E-state index contributed by atoms with van der Waals surface area (Å²) in [6.07, 6.45) is 0. The lowest BCUT2D eigenvalue weighted by atomic mass is 10.2. The van der Waals surface area contributed by atoms with E-state index in [1.54, 1.807) is 20.3 Å². The third-order valence-corrected chi connectivity index (χ3v) is 2.77. The first-order valence-electron chi connectivity index (χ1n) is 6.44. The summed E-state index contributed by atoms with van der Waals surface area (Å²) in [5.41, 5.74) is 4.48. The molecule has 2 rings (SSSR count). The molecule has 1 aromatic heterocycles. The number of hydrogen-bond donors (Lipinski definition) is 3. The Labute approximate surface area is 123 Å². The lowest BCUT2D eigenvalue weighted by molar-refractivity contribution is 0.178. The number of ether oxygens (including phenoxy) is 2. The predicted octanol–water partition coefficient (Wildman–Crippen LogP) is 1.80. The van der Waals surface area contributed by atoms with Gasteiger partial charge in [0.1, 0.15) is 18.2 Å². The van der Waals surface area contributed by atoms with Crippen LogP contribution in [0.5, 0.6) is 0 Å². The monoisotopic (exact) mass is 289 g/mol. The molecule has 0 fully saturated rings. The average molecular weight is 289 g/mol. The normalized spacial score (nSPS) is 10.4. The van der Waals surface area contributed by atoms with Gasteiger partial charge < -0.3 is 20.2 Å². The second kappa shape index (κ2) is 7.53. The standard InChI is InChI=1S/C14H19N5O2/c1-20-8-10-5-3-4-6-11(10)16-12-7-13(19-15)18-14(17-12)9-21-2/h3-7H,8-9,15H2,1-2H3,(H2,16,17,18,19). The number of hydrogen-bond acceptors (Lipinski definition) is 7. The summed E-state index contributed by atoms with van der Waals surface area (Å²) >= 11 is 0. The van der Waals surface area contributed by atoms with Crippen molar-refractivity contribution in [1.29, 1.82) is 0 Å². The van der Waals surface area contributed by atoms with Crippen LogP contribution in [0.1, 0.15) is 11.4 Å². The Morgan fingerprint density at radius 2 is 1.76 bits per heavy atom. The Morgan fingerprint density at radius 3 is 2.48 bits per heavy atom. The zero-order valence-electron chi connectivity index (χ0n) is 12.1. The first-order valence-corrected chi connectivity index (χ1v) is 6.44. The third kappa shape index (κ3) is 4.12. The number of nitrogen functional groups attached to an aromatic ring is 1. The number of hydrazine groups is 1. The van der Waals surface area contributed by atoms with Crippen molar-refractivity contribution in [2.75, 3.05) is 25.0 Å². The first kappa shape index (κ1) is 15.2. The number of para-hydroxylation sites is 1. The summed E-state index contributed by atoms with van der Waals surface area (Å²) in [6, 6.07) is 9.58. The highest BCUT2D eigenvalue weighted by Crippen LogP contribution is 2.21. The van der Waals surface area contributed by atoms with Crippen LogP contribution < -0.4 is 16.6 Å². The molecule has 21 heavy (non-hydrogen) atoms. The van der Waals surface area contributed by atoms with E-state index in [0.717, 1.165) is 11.3 Å². The fourth-order valence-electron chi connectivity index (χ4n) is 1.89. The first-order chi connectivity index (χ1) is 10.3. The van der Waals surface area contributed by atoms with E-state index < -0.39 is 0 Å². The number of aromatic nitrogens is 2. The zero-order valence-corrected chi connectivity index (χ0v) is 12.1. The Hall–Kier alpha value is -2.22. The summed E-state index contributed by atoms with van der Waals surface area (Å²) in [4.78, 5) is 8.59. The van der Waals surface area contributed by atoms with Crippen LogP contribution >= 0.6 is 0 Å². The van der Waals surface area contributed by atoms with Crippen LogP contribution in [-0.2, 0) is 22.7 Å². The van der Waals surface area contributed by atoms with Gasteiger partial charge in [-0.3, -0.25) is 0 Å². The van der Waals surface area contributed by atoms with Crippen molar-refractivity contribution >= 4 is 17.3 Å². The van der Waals surface area contributed by atoms with E-state index in [9.17, 15) is 0 Å². The molecule has 112 valence electrons. The lowest BCUT2D eigenvalue weighted by Gasteiger charge is -2.12. The number of rotatable bonds is 7. The average Bonchev–Trinajstić information content (AvgIpc) is 2.49. The highest BCUT2D eigenvalue weighted by atomic mass is 16.5. The summed E-state index contributed by atoms with van der Waals surface area (Å²) in [6.45, 7) is 0.825. The predicted molar refractivity (Wildman–Crippen MR) is 81.0 cm³/mol. The molecule has 0 saturated carbocycles. The fraction of sp³-hybridized carbons (Fsp3) is 0.286. The van der Waals surface area contributed by atoms with Gasteiger partial charge in [0.15, 0.2) is 5.82 Å². The molecule has 0 saturated heterocycles. The number of nitrogens with one attached hydrogen (secondary N) is 2. The van der Waals surface area contributed by atoms with Crippen LogP contribution in [0.3, 0.4) is 0 Å². The molecule has 7 heteroatoms. The van der Waals surface area contributed by atoms with Gasteiger partial charge in [-0.15, -0.1) is 0 Å². The van der Waals surface area contributed by atoms with Crippen LogP contribution in [0.4, 0.5) is 17.3 Å². The summed E-state index contributed by atoms with van der Waals surface area (Å²) < 4.78 is 10.2. The molecule has 4 N–H and O–H groups in total. The van der Waals surface area contributed by atoms with Crippen LogP contribution in [0.25, 0.3) is 0 Å². The maximum atomic E-state index is 5.43. The molecular weight excluding hydrogens is 270 g/mol. The molecule has 0 unspecified atom stereocenters. The number of benzene rings is 1. The van der Waals surface area contributed by atoms with Crippen molar-refractivity contribution in [2.24, 2.45) is 5.84 Å². The van der Waals surface area contributed by atoms with Crippen LogP contribution in [0.2, 0.25) is 0 Å². The van der Waals surface area contributed by atoms with E-state index in [1.807, 2.05) is 24.3 Å². The molecule has 0 aliphatic carbocycles. The highest BCUT2D eigenvalue weighted by Gasteiger charge is 2.07. The van der Waals surface area contributed by atoms with Crippen LogP contribution in [0.15, 0.2) is 30.3 Å². The Bertz CT molecular complexity index is 591. The van der Waals surface area contributed by atoms with E-state index in [4.69, 9.17) is 15.3 Å². The van der Waals surface area contributed by atoms with Gasteiger partial charge in [0, 0.05) is 31.5 Å². The minimum atomic E-state index is 0.309. The lowest BCUT2D eigenvalue weighted by Crippen LogP contribution is -2.12. The molecule has 1 aromatic carbocycles. The summed E-state index contributed by atoms with van der Waals surface area (Å²) in [5, 5.41) is 3.25. The number of anilines is 3. The van der Waals surface area contributed by atoms with Crippen LogP contribution in [0, 0.1) is 0 Å². The molecule has 0 radical (unpaired) electrons. The SMILES string of the molecule is COCc1nc(NN)cc(Nc2ccccc2COC)n1. The topological polar surface area (TPSA) is 94.3 Å². The van der Waals surface area contributed by atoms with Crippen molar-refractivity contribution in [3.8, 4) is 0 Å². The van der Waals surface area contributed by atoms with Crippen molar-refractivity contribution in [2.45, 2.75) is 13.2 Å². The van der Waals surface area contributed by atoms with Gasteiger partial charge in [-0.2, -0.15) is 0 Å². The second-order valence-corrected chi connectivity index (χ2v) is 4.35. The van der Waals surface area contributed by atoms with Gasteiger partial charge in [0.05, 0.1) is 6.61 Å². The van der Waals surface area contributed by atoms with Gasteiger partial charge in [-0.25, -0.2) is 15.8 Å². The van der Waals surface area contributed by atoms with E-state index in [2.05, 4.69) is 20.7 Å². The molecule has 1 heterocycles. The largest absolute Gasteiger partial charge is 0.380 e. The molecule has 0 amide bonds. The van der Waals surface area contributed by atoms with Gasteiger partial charge >= 0.3 is 0 Å². The highest BCUT2D eigenvalue weighted by molar-refractivity contribution is 5.62. The quantitative estimate of drug-likeness (QED) is 0.528. The minimum Gasteiger partial charge on any atom is -0.380 e. The molecule has 0 spiro atoms. The molecular formula is C14H19N5O2. The van der Waals surface area contributed by atoms with Crippen molar-refractivity contribution < 1.29 is 9.47 Å². The van der Waals surface area contributed by atoms with Crippen molar-refractivity contribution in [1.82, 2.24) is 9.97 Å². The van der Waals surface area contributed by atoms with Gasteiger partial charge in [0.25, 0.3) is 0 Å². The van der Waals surface area contributed by atoms with Crippen molar-refractivity contribution in [3.63, 3.8) is 0 Å². The fourth-order valence-corrected chi connectivity index (χ4v) is 1.89. The zero-order chi connectivity index (χ0) is 15.1. The molecule has 7 nitrogen and oxygen atoms in total.